The Morgan fingerprint density at radius 3 is 2.59 bits per heavy atom. The molecule has 7 rings (SSSR count). The Morgan fingerprint density at radius 1 is 1.04 bits per heavy atom. The first-order chi connectivity index (χ1) is 23.9. The molecular weight excluding hydrogens is 696 g/mol. The molecule has 3 aliphatic rings. The smallest absolute Gasteiger partial charge is 0.374 e. The summed E-state index contributed by atoms with van der Waals surface area (Å²) in [7, 11) is -4.67. The average molecular weight is 733 g/mol. The van der Waals surface area contributed by atoms with Gasteiger partial charge in [0, 0.05) is 60.4 Å². The molecule has 12 nitrogen and oxygen atoms in total. The van der Waals surface area contributed by atoms with Crippen LogP contribution in [0, 0.1) is 0 Å². The van der Waals surface area contributed by atoms with E-state index in [0.717, 1.165) is 13.1 Å². The van der Waals surface area contributed by atoms with Crippen LogP contribution in [0.5, 0.6) is 0 Å². The Morgan fingerprint density at radius 2 is 1.82 bits per heavy atom. The molecule has 2 aromatic carbocycles. The van der Waals surface area contributed by atoms with Gasteiger partial charge in [-0.05, 0) is 42.7 Å². The molecule has 51 heavy (non-hydrogen) atoms. The van der Waals surface area contributed by atoms with Gasteiger partial charge in [0.25, 0.3) is 17.3 Å². The fourth-order valence-electron chi connectivity index (χ4n) is 7.12. The molecule has 2 aromatic heterocycles. The van der Waals surface area contributed by atoms with E-state index in [1.54, 1.807) is 12.1 Å². The Balaban J connectivity index is 0.00000448. The summed E-state index contributed by atoms with van der Waals surface area (Å²) in [6, 6.07) is 12.7. The van der Waals surface area contributed by atoms with Crippen LogP contribution in [0.2, 0.25) is 0 Å². The van der Waals surface area contributed by atoms with Crippen LogP contribution in [-0.2, 0) is 47.8 Å². The largest absolute Gasteiger partial charge is 1.00 e. The quantitative estimate of drug-likeness (QED) is 0.0737. The van der Waals surface area contributed by atoms with Crippen molar-refractivity contribution >= 4 is 61.7 Å². The summed E-state index contributed by atoms with van der Waals surface area (Å²) in [5.41, 5.74) is 5.74. The Bertz CT molecular complexity index is 2260. The number of allylic oxidation sites excluding steroid dienone is 5. The number of oxazole rings is 1. The molecule has 266 valence electrons. The fraction of sp³-hybridized carbons (Fsp3) is 0.324. The number of nitrogens with zero attached hydrogens (tertiary/aromatic N) is 4. The standard InChI is InChI=1S/C37H37N4O8S.ClH/c1-37(2)27-16-14-25-10-9-20-38-22-23-40(36(27)35(25)38)30(37)11-5-3-6-12-33-39(28-17-15-26(50(45,46)47)24-29(28)48-33)21-8-4-7-13-34(44)49-41-31(42)18-19-32(41)43;/h3,5-6,9-12,14-17,20,24H,4,7-8,13,18-19,21-23H2,1-2H3;1H/q+1;/p-1. The first-order valence-electron chi connectivity index (χ1n) is 16.7. The number of amides is 2. The lowest BCUT2D eigenvalue weighted by Crippen LogP contribution is -3.00. The minimum atomic E-state index is -4.67. The third kappa shape index (κ3) is 6.80. The maximum atomic E-state index is 12.2. The van der Waals surface area contributed by atoms with E-state index < -0.39 is 27.9 Å². The lowest BCUT2D eigenvalue weighted by atomic mass is 9.83. The first-order valence-corrected chi connectivity index (χ1v) is 18.1. The number of carbonyl (C=O) groups is 3. The Labute approximate surface area is 301 Å². The number of carbonyl (C=O) groups excluding carboxylic acids is 3. The highest BCUT2D eigenvalue weighted by atomic mass is 35.5. The molecule has 4 aromatic rings. The zero-order chi connectivity index (χ0) is 35.2. The van der Waals surface area contributed by atoms with E-state index in [9.17, 15) is 27.4 Å². The summed E-state index contributed by atoms with van der Waals surface area (Å²) in [6.45, 7) is 6.76. The lowest BCUT2D eigenvalue weighted by Gasteiger charge is -2.27. The number of fused-ring (bicyclic) bond motifs is 1. The van der Waals surface area contributed by atoms with Crippen molar-refractivity contribution in [2.45, 2.75) is 75.8 Å². The number of aryl methyl sites for hydroxylation is 1. The van der Waals surface area contributed by atoms with Crippen molar-refractivity contribution in [1.29, 1.82) is 0 Å². The molecular formula is C37H37ClN4O8S. The van der Waals surface area contributed by atoms with Crippen molar-refractivity contribution in [3.05, 3.63) is 90.1 Å². The van der Waals surface area contributed by atoms with E-state index in [4.69, 9.17) is 9.25 Å². The molecule has 0 unspecified atom stereocenters. The van der Waals surface area contributed by atoms with Crippen LogP contribution in [-0.4, -0.2) is 42.4 Å². The van der Waals surface area contributed by atoms with Gasteiger partial charge in [-0.1, -0.05) is 38.1 Å². The van der Waals surface area contributed by atoms with Gasteiger partial charge in [-0.3, -0.25) is 9.59 Å². The summed E-state index contributed by atoms with van der Waals surface area (Å²) in [6.07, 6.45) is 13.7. The van der Waals surface area contributed by atoms with Crippen molar-refractivity contribution < 1.29 is 58.2 Å². The van der Waals surface area contributed by atoms with Crippen molar-refractivity contribution in [2.75, 3.05) is 11.4 Å². The van der Waals surface area contributed by atoms with Crippen molar-refractivity contribution in [3.8, 4) is 0 Å². The SMILES string of the molecule is CC1(C)/C(=C/C=C/C=C/c2oc3cc(S(=O)(=O)[O-])ccc3[n+]2CCCCCC(=O)ON2C(=O)CCC2=O)N2CC[n+]3cccc4ccc1c2c43.[Cl-]. The van der Waals surface area contributed by atoms with Crippen molar-refractivity contribution in [3.63, 3.8) is 0 Å². The Kier molecular flexibility index (Phi) is 9.90. The van der Waals surface area contributed by atoms with Crippen LogP contribution in [0.15, 0.2) is 88.0 Å². The summed E-state index contributed by atoms with van der Waals surface area (Å²) < 4.78 is 45.3. The highest BCUT2D eigenvalue weighted by molar-refractivity contribution is 7.85. The highest BCUT2D eigenvalue weighted by Gasteiger charge is 2.45. The summed E-state index contributed by atoms with van der Waals surface area (Å²) >= 11 is 0. The number of benzene rings is 2. The number of rotatable bonds is 11. The number of imide groups is 1. The van der Waals surface area contributed by atoms with Crippen LogP contribution in [0.3, 0.4) is 0 Å². The number of hydrogen-bond donors (Lipinski definition) is 0. The summed E-state index contributed by atoms with van der Waals surface area (Å²) in [4.78, 5) is 42.6. The number of aromatic nitrogens is 2. The summed E-state index contributed by atoms with van der Waals surface area (Å²) in [5.74, 6) is -1.21. The highest BCUT2D eigenvalue weighted by Crippen LogP contribution is 2.50. The van der Waals surface area contributed by atoms with Crippen molar-refractivity contribution in [1.82, 2.24) is 5.06 Å². The third-order valence-corrected chi connectivity index (χ3v) is 10.4. The monoisotopic (exact) mass is 732 g/mol. The molecule has 0 bridgehead atoms. The molecule has 14 heteroatoms. The van der Waals surface area contributed by atoms with Gasteiger partial charge in [-0.2, -0.15) is 9.13 Å². The molecule has 0 spiro atoms. The van der Waals surface area contributed by atoms with E-state index in [-0.39, 0.29) is 47.6 Å². The second-order valence-corrected chi connectivity index (χ2v) is 14.6. The predicted molar refractivity (Wildman–Crippen MR) is 181 cm³/mol. The normalized spacial score (nSPS) is 17.5. The topological polar surface area (TPSA) is 145 Å². The number of unbranched alkanes of at least 4 members (excludes halogenated alkanes) is 2. The van der Waals surface area contributed by atoms with Crippen LogP contribution in [0.4, 0.5) is 5.69 Å². The van der Waals surface area contributed by atoms with E-state index in [2.05, 4.69) is 59.9 Å². The minimum Gasteiger partial charge on any atom is -1.00 e. The Hall–Kier alpha value is -4.85. The van der Waals surface area contributed by atoms with E-state index in [0.29, 0.717) is 42.3 Å². The maximum absolute atomic E-state index is 12.2. The number of hydroxylamine groups is 2. The predicted octanol–water partition coefficient (Wildman–Crippen LogP) is 1.50. The maximum Gasteiger partial charge on any atom is 0.374 e. The van der Waals surface area contributed by atoms with Gasteiger partial charge >= 0.3 is 11.9 Å². The molecule has 3 aliphatic heterocycles. The van der Waals surface area contributed by atoms with E-state index in [1.165, 1.54) is 40.0 Å². The van der Waals surface area contributed by atoms with Crippen LogP contribution in [0.1, 0.15) is 63.8 Å². The van der Waals surface area contributed by atoms with Crippen LogP contribution < -0.4 is 26.4 Å². The molecule has 0 radical (unpaired) electrons. The minimum absolute atomic E-state index is 0. The van der Waals surface area contributed by atoms with Gasteiger partial charge in [-0.25, -0.2) is 13.2 Å². The van der Waals surface area contributed by atoms with Crippen molar-refractivity contribution in [2.24, 2.45) is 0 Å². The van der Waals surface area contributed by atoms with Crippen LogP contribution in [0.25, 0.3) is 28.1 Å². The molecule has 0 N–H and O–H groups in total. The number of hydrogen-bond acceptors (Lipinski definition) is 9. The van der Waals surface area contributed by atoms with Gasteiger partial charge in [0.15, 0.2) is 19.3 Å². The lowest BCUT2D eigenvalue weighted by molar-refractivity contribution is -0.678. The second-order valence-electron chi connectivity index (χ2n) is 13.2. The third-order valence-electron chi connectivity index (χ3n) is 9.62. The molecule has 0 atom stereocenters. The van der Waals surface area contributed by atoms with Gasteiger partial charge < -0.3 is 31.1 Å². The zero-order valence-electron chi connectivity index (χ0n) is 28.2. The number of anilines is 1. The molecule has 1 saturated heterocycles. The van der Waals surface area contributed by atoms with Gasteiger partial charge in [0.05, 0.1) is 17.5 Å². The molecule has 0 saturated carbocycles. The first kappa shape index (κ1) is 36.0. The number of halogens is 1. The van der Waals surface area contributed by atoms with E-state index in [1.807, 2.05) is 22.8 Å². The molecule has 5 heterocycles. The van der Waals surface area contributed by atoms with Gasteiger partial charge in [0.2, 0.25) is 11.1 Å². The second kappa shape index (κ2) is 14.0. The summed E-state index contributed by atoms with van der Waals surface area (Å²) in [5, 5.41) is 1.77. The van der Waals surface area contributed by atoms with Gasteiger partial charge in [0.1, 0.15) is 15.8 Å². The fourth-order valence-corrected chi connectivity index (χ4v) is 7.61. The molecule has 0 aliphatic carbocycles. The molecule has 2 amide bonds. The number of pyridine rings is 1. The average Bonchev–Trinajstić information content (AvgIpc) is 3.67. The molecule has 1 fully saturated rings. The van der Waals surface area contributed by atoms with E-state index >= 15 is 0 Å². The zero-order valence-corrected chi connectivity index (χ0v) is 29.8. The van der Waals surface area contributed by atoms with Crippen LogP contribution >= 0.6 is 0 Å². The van der Waals surface area contributed by atoms with Gasteiger partial charge in [-0.15, -0.1) is 5.06 Å².